The van der Waals surface area contributed by atoms with Gasteiger partial charge in [-0.3, -0.25) is 4.79 Å². The van der Waals surface area contributed by atoms with Crippen LogP contribution in [0, 0.1) is 11.8 Å². The maximum atomic E-state index is 12.9. The summed E-state index contributed by atoms with van der Waals surface area (Å²) in [4.78, 5) is 11.8. The van der Waals surface area contributed by atoms with Crippen LogP contribution in [0.15, 0.2) is 35.4 Å². The van der Waals surface area contributed by atoms with Crippen molar-refractivity contribution in [1.82, 2.24) is 11.1 Å². The van der Waals surface area contributed by atoms with E-state index < -0.39 is 9.84 Å². The number of hydrogen-bond donors (Lipinski definition) is 2. The Labute approximate surface area is 159 Å². The minimum Gasteiger partial charge on any atom is -0.369 e. The molecule has 0 spiro atoms. The van der Waals surface area contributed by atoms with Gasteiger partial charge in [-0.05, 0) is 24.5 Å². The van der Waals surface area contributed by atoms with Gasteiger partial charge in [-0.15, -0.1) is 10.6 Å². The van der Waals surface area contributed by atoms with Crippen LogP contribution in [-0.4, -0.2) is 37.3 Å². The molecule has 8 nitrogen and oxygen atoms in total. The monoisotopic (exact) mass is 394 g/mol. The summed E-state index contributed by atoms with van der Waals surface area (Å²) in [5, 5.41) is 5.27. The number of epoxide rings is 1. The number of para-hydroxylation sites is 1. The molecule has 0 unspecified atom stereocenters. The molecule has 0 radical (unpaired) electrons. The summed E-state index contributed by atoms with van der Waals surface area (Å²) in [6.45, 7) is 5.60. The van der Waals surface area contributed by atoms with Gasteiger partial charge in [0.2, 0.25) is 9.84 Å². The highest BCUT2D eigenvalue weighted by molar-refractivity contribution is 8.06. The molecule has 148 valence electrons. The van der Waals surface area contributed by atoms with Gasteiger partial charge in [0.15, 0.2) is 0 Å². The van der Waals surface area contributed by atoms with E-state index in [1.165, 1.54) is 5.01 Å². The molecule has 0 saturated carbocycles. The van der Waals surface area contributed by atoms with Crippen molar-refractivity contribution < 1.29 is 17.9 Å². The van der Waals surface area contributed by atoms with E-state index in [0.717, 1.165) is 0 Å². The van der Waals surface area contributed by atoms with E-state index in [2.05, 4.69) is 16.2 Å². The molecule has 2 N–H and O–H groups in total. The average molecular weight is 394 g/mol. The average Bonchev–Trinajstić information content (AvgIpc) is 3.20. The van der Waals surface area contributed by atoms with Gasteiger partial charge in [0.05, 0.1) is 23.6 Å². The molecule has 9 heteroatoms. The van der Waals surface area contributed by atoms with Crippen molar-refractivity contribution in [2.75, 3.05) is 10.8 Å². The van der Waals surface area contributed by atoms with Gasteiger partial charge in [-0.1, -0.05) is 39.0 Å². The minimum atomic E-state index is -3.60. The maximum Gasteiger partial charge on any atom is 0.263 e. The third-order valence-electron chi connectivity index (χ3n) is 4.91. The van der Waals surface area contributed by atoms with Gasteiger partial charge >= 0.3 is 0 Å². The summed E-state index contributed by atoms with van der Waals surface area (Å²) in [5.41, 5.74) is 5.93. The molecule has 1 aromatic carbocycles. The largest absolute Gasteiger partial charge is 0.369 e. The number of hydrazine groups is 2. The number of ether oxygens (including phenoxy) is 1. The van der Waals surface area contributed by atoms with Gasteiger partial charge in [0, 0.05) is 12.3 Å². The van der Waals surface area contributed by atoms with Crippen LogP contribution in [0.3, 0.4) is 0 Å². The number of anilines is 1. The molecule has 1 aromatic rings. The van der Waals surface area contributed by atoms with Crippen molar-refractivity contribution in [3.05, 3.63) is 30.3 Å². The van der Waals surface area contributed by atoms with Crippen molar-refractivity contribution in [2.45, 2.75) is 45.8 Å². The fourth-order valence-corrected chi connectivity index (χ4v) is 5.03. The van der Waals surface area contributed by atoms with Crippen LogP contribution in [0.5, 0.6) is 0 Å². The quantitative estimate of drug-likeness (QED) is 0.646. The Morgan fingerprint density at radius 1 is 1.30 bits per heavy atom. The highest BCUT2D eigenvalue weighted by Gasteiger charge is 2.46. The smallest absolute Gasteiger partial charge is 0.263 e. The lowest BCUT2D eigenvalue weighted by Gasteiger charge is -2.19. The molecule has 2 aliphatic rings. The number of benzene rings is 1. The van der Waals surface area contributed by atoms with Gasteiger partial charge in [-0.25, -0.2) is 19.0 Å². The van der Waals surface area contributed by atoms with Crippen molar-refractivity contribution >= 4 is 26.5 Å². The second-order valence-electron chi connectivity index (χ2n) is 7.16. The number of ketones is 1. The molecule has 0 aromatic heterocycles. The Hall–Kier alpha value is -1.97. The lowest BCUT2D eigenvalue weighted by molar-refractivity contribution is -0.122. The summed E-state index contributed by atoms with van der Waals surface area (Å²) in [7, 11) is -3.60. The summed E-state index contributed by atoms with van der Waals surface area (Å²) in [5.74, 6) is -0.111. The molecule has 0 bridgehead atoms. The van der Waals surface area contributed by atoms with E-state index >= 15 is 0 Å². The van der Waals surface area contributed by atoms with Crippen LogP contribution in [0.1, 0.15) is 33.6 Å². The number of nitrogens with zero attached hydrogens (tertiary/aromatic N) is 2. The second-order valence-corrected chi connectivity index (χ2v) is 9.09. The molecular formula is C18H26N4O4S. The Bertz CT molecular complexity index is 812. The number of amidine groups is 1. The Balaban J connectivity index is 1.59. The van der Waals surface area contributed by atoms with E-state index in [0.29, 0.717) is 18.5 Å². The molecule has 3 rings (SSSR count). The zero-order valence-corrected chi connectivity index (χ0v) is 16.6. The molecule has 2 aliphatic heterocycles. The Morgan fingerprint density at radius 3 is 2.67 bits per heavy atom. The first-order valence-corrected chi connectivity index (χ1v) is 10.8. The van der Waals surface area contributed by atoms with Crippen LogP contribution in [0.25, 0.3) is 0 Å². The maximum absolute atomic E-state index is 12.9. The van der Waals surface area contributed by atoms with Gasteiger partial charge < -0.3 is 4.74 Å². The zero-order valence-electron chi connectivity index (χ0n) is 15.8. The summed E-state index contributed by atoms with van der Waals surface area (Å²) in [6, 6.07) is 9.10. The van der Waals surface area contributed by atoms with Gasteiger partial charge in [0.1, 0.15) is 5.78 Å². The number of nitrogens with one attached hydrogen (secondary N) is 2. The number of sulfone groups is 1. The number of carbonyl (C=O) groups excluding carboxylic acids is 1. The van der Waals surface area contributed by atoms with E-state index in [4.69, 9.17) is 4.74 Å². The van der Waals surface area contributed by atoms with Crippen LogP contribution in [-0.2, 0) is 19.4 Å². The predicted molar refractivity (Wildman–Crippen MR) is 103 cm³/mol. The topological polar surface area (TPSA) is 103 Å². The summed E-state index contributed by atoms with van der Waals surface area (Å²) >= 11 is 0. The third kappa shape index (κ3) is 4.48. The van der Waals surface area contributed by atoms with Crippen molar-refractivity contribution in [1.29, 1.82) is 0 Å². The number of Topliss-reactive ketones (excluding diaryl/α,β-unsaturated/α-hetero) is 1. The first-order valence-electron chi connectivity index (χ1n) is 9.18. The lowest BCUT2D eigenvalue weighted by Crippen LogP contribution is -2.44. The van der Waals surface area contributed by atoms with Crippen LogP contribution in [0.4, 0.5) is 5.69 Å². The number of carbonyl (C=O) groups is 1. The van der Waals surface area contributed by atoms with Crippen LogP contribution in [0.2, 0.25) is 0 Å². The first-order chi connectivity index (χ1) is 12.8. The van der Waals surface area contributed by atoms with Gasteiger partial charge in [0.25, 0.3) is 5.17 Å². The molecule has 4 atom stereocenters. The van der Waals surface area contributed by atoms with E-state index in [-0.39, 0.29) is 40.7 Å². The second kappa shape index (κ2) is 7.95. The number of rotatable bonds is 8. The standard InChI is InChI=1S/C18H26N4O4S/c1-4-15(23)13(3)17-16(26-17)10-12(2)11-27(24,25)18-19-20-21-22(18)14-8-6-5-7-9-14/h5-9,12-13,16-17,20-21H,4,10-11H2,1-3H3/t12-,13+,16+,17+/m0/s1. The van der Waals surface area contributed by atoms with E-state index in [9.17, 15) is 13.2 Å². The van der Waals surface area contributed by atoms with Crippen molar-refractivity contribution in [3.63, 3.8) is 0 Å². The first kappa shape index (κ1) is 19.8. The van der Waals surface area contributed by atoms with Crippen molar-refractivity contribution in [2.24, 2.45) is 16.9 Å². The number of hydrazone groups is 1. The molecule has 27 heavy (non-hydrogen) atoms. The fraction of sp³-hybridized carbons (Fsp3) is 0.556. The predicted octanol–water partition coefficient (Wildman–Crippen LogP) is 1.61. The minimum absolute atomic E-state index is 0.0405. The molecule has 1 fully saturated rings. The molecular weight excluding hydrogens is 368 g/mol. The highest BCUT2D eigenvalue weighted by Crippen LogP contribution is 2.35. The zero-order chi connectivity index (χ0) is 19.6. The summed E-state index contributed by atoms with van der Waals surface area (Å²) in [6.07, 6.45) is 0.959. The van der Waals surface area contributed by atoms with Crippen LogP contribution >= 0.6 is 0 Å². The fourth-order valence-electron chi connectivity index (χ4n) is 3.39. The van der Waals surface area contributed by atoms with Crippen LogP contribution < -0.4 is 16.1 Å². The normalized spacial score (nSPS) is 24.1. The lowest BCUT2D eigenvalue weighted by atomic mass is 9.95. The Morgan fingerprint density at radius 2 is 2.00 bits per heavy atom. The molecule has 1 saturated heterocycles. The molecule has 2 heterocycles. The SMILES string of the molecule is CCC(=O)[C@@H](C)[C@H]1O[C@@H]1C[C@H](C)CS(=O)(=O)C1=NNNN1c1ccccc1. The summed E-state index contributed by atoms with van der Waals surface area (Å²) < 4.78 is 31.3. The molecule has 0 amide bonds. The number of hydrogen-bond acceptors (Lipinski definition) is 8. The highest BCUT2D eigenvalue weighted by atomic mass is 32.2. The Kier molecular flexibility index (Phi) is 5.83. The van der Waals surface area contributed by atoms with E-state index in [1.54, 1.807) is 12.1 Å². The van der Waals surface area contributed by atoms with Crippen molar-refractivity contribution in [3.8, 4) is 0 Å². The van der Waals surface area contributed by atoms with E-state index in [1.807, 2.05) is 39.0 Å². The molecule has 0 aliphatic carbocycles. The van der Waals surface area contributed by atoms with Gasteiger partial charge in [-0.2, -0.15) is 0 Å². The third-order valence-corrected chi connectivity index (χ3v) is 6.74.